The summed E-state index contributed by atoms with van der Waals surface area (Å²) in [7, 11) is 2.14. The number of aromatic nitrogens is 2. The molecule has 0 aliphatic carbocycles. The minimum Gasteiger partial charge on any atom is -0.328 e. The Hall–Kier alpha value is -1.64. The van der Waals surface area contributed by atoms with Crippen molar-refractivity contribution in [3.63, 3.8) is 0 Å². The van der Waals surface area contributed by atoms with Crippen molar-refractivity contribution in [2.75, 3.05) is 25.5 Å². The van der Waals surface area contributed by atoms with E-state index in [0.29, 0.717) is 6.04 Å². The van der Waals surface area contributed by atoms with Crippen LogP contribution in [0.1, 0.15) is 33.7 Å². The van der Waals surface area contributed by atoms with Gasteiger partial charge in [0.15, 0.2) is 0 Å². The second-order valence-electron chi connectivity index (χ2n) is 6.12. The zero-order valence-electron chi connectivity index (χ0n) is 14.6. The van der Waals surface area contributed by atoms with Crippen LogP contribution in [-0.2, 0) is 0 Å². The van der Waals surface area contributed by atoms with E-state index >= 15 is 0 Å². The van der Waals surface area contributed by atoms with Crippen LogP contribution in [0.15, 0.2) is 24.4 Å². The Bertz CT molecular complexity index is 773. The first-order chi connectivity index (χ1) is 12.8. The lowest BCUT2D eigenvalue weighted by molar-refractivity contribution is 0.102. The van der Waals surface area contributed by atoms with E-state index in [1.54, 1.807) is 6.07 Å². The summed E-state index contributed by atoms with van der Waals surface area (Å²) in [5, 5.41) is 8.10. The molecule has 0 unspecified atom stereocenters. The molecule has 10 heteroatoms. The zero-order chi connectivity index (χ0) is 20.0. The van der Waals surface area contributed by atoms with E-state index in [0.717, 1.165) is 0 Å². The van der Waals surface area contributed by atoms with Gasteiger partial charge >= 0.3 is 0 Å². The number of halogens is 3. The molecule has 146 valence electrons. The van der Waals surface area contributed by atoms with Crippen molar-refractivity contribution in [1.82, 2.24) is 15.1 Å². The van der Waals surface area contributed by atoms with E-state index < -0.39 is 11.1 Å². The number of hydrogen-bond donors (Lipinski definition) is 3. The highest BCUT2D eigenvalue weighted by atomic mass is 35.5. The molecule has 2 heterocycles. The summed E-state index contributed by atoms with van der Waals surface area (Å²) >= 11 is 17.1. The second-order valence-corrected chi connectivity index (χ2v) is 7.28. The van der Waals surface area contributed by atoms with E-state index in [2.05, 4.69) is 27.5 Å². The van der Waals surface area contributed by atoms with Gasteiger partial charge in [-0.05, 0) is 56.7 Å². The summed E-state index contributed by atoms with van der Waals surface area (Å²) in [6.07, 6.45) is 3.62. The number of carbonyl (C=O) groups is 2. The molecule has 2 aromatic rings. The molecule has 1 amide bonds. The van der Waals surface area contributed by atoms with Crippen LogP contribution in [0.2, 0.25) is 10.0 Å². The first-order valence-corrected chi connectivity index (χ1v) is 9.35. The SMILES string of the molecule is CN1CCC(N)CC1.O=C(Cl)c1[nH]ncc1NC(=O)c1c(Cl)cccc1Cl. The summed E-state index contributed by atoms with van der Waals surface area (Å²) in [5.74, 6) is -0.559. The molecule has 0 bridgehead atoms. The standard InChI is InChI=1S/C11H6Cl3N3O2.C6H14N2/c12-5-2-1-3-6(13)8(5)11(19)16-7-4-15-17-9(7)10(14)18;1-8-4-2-6(7)3-5-8/h1-4H,(H,15,17)(H,16,19);6H,2-5,7H2,1H3. The van der Waals surface area contributed by atoms with Gasteiger partial charge in [0, 0.05) is 6.04 Å². The van der Waals surface area contributed by atoms with Gasteiger partial charge in [0.25, 0.3) is 11.1 Å². The summed E-state index contributed by atoms with van der Waals surface area (Å²) in [4.78, 5) is 25.4. The number of benzene rings is 1. The maximum Gasteiger partial charge on any atom is 0.272 e. The Morgan fingerprint density at radius 3 is 2.37 bits per heavy atom. The van der Waals surface area contributed by atoms with Crippen molar-refractivity contribution in [2.24, 2.45) is 5.73 Å². The monoisotopic (exact) mass is 431 g/mol. The van der Waals surface area contributed by atoms with Crippen molar-refractivity contribution in [3.05, 3.63) is 45.7 Å². The minimum atomic E-state index is -0.766. The van der Waals surface area contributed by atoms with Crippen LogP contribution in [0.5, 0.6) is 0 Å². The van der Waals surface area contributed by atoms with Crippen LogP contribution >= 0.6 is 34.8 Å². The lowest BCUT2D eigenvalue weighted by Crippen LogP contribution is -2.37. The lowest BCUT2D eigenvalue weighted by Gasteiger charge is -2.25. The number of nitrogens with one attached hydrogen (secondary N) is 2. The minimum absolute atomic E-state index is 0.0156. The van der Waals surface area contributed by atoms with Crippen LogP contribution in [0.4, 0.5) is 5.69 Å². The highest BCUT2D eigenvalue weighted by Gasteiger charge is 2.18. The van der Waals surface area contributed by atoms with Crippen LogP contribution in [-0.4, -0.2) is 52.4 Å². The Morgan fingerprint density at radius 1 is 1.26 bits per heavy atom. The molecular formula is C17H20Cl3N5O2. The van der Waals surface area contributed by atoms with Gasteiger partial charge in [0.2, 0.25) is 0 Å². The van der Waals surface area contributed by atoms with Crippen LogP contribution < -0.4 is 11.1 Å². The third-order valence-electron chi connectivity index (χ3n) is 4.04. The molecule has 0 atom stereocenters. The largest absolute Gasteiger partial charge is 0.328 e. The normalized spacial score (nSPS) is 15.0. The molecule has 1 aromatic heterocycles. The lowest BCUT2D eigenvalue weighted by atomic mass is 10.1. The van der Waals surface area contributed by atoms with Gasteiger partial charge in [-0.15, -0.1) is 0 Å². The van der Waals surface area contributed by atoms with Crippen molar-refractivity contribution in [3.8, 4) is 0 Å². The maximum absolute atomic E-state index is 12.1. The first kappa shape index (κ1) is 21.7. The Morgan fingerprint density at radius 2 is 1.85 bits per heavy atom. The molecular weight excluding hydrogens is 413 g/mol. The fraction of sp³-hybridized carbons (Fsp3) is 0.353. The maximum atomic E-state index is 12.1. The van der Waals surface area contributed by atoms with E-state index in [-0.39, 0.29) is 27.0 Å². The number of carbonyl (C=O) groups excluding carboxylic acids is 2. The molecule has 0 spiro atoms. The zero-order valence-corrected chi connectivity index (χ0v) is 16.9. The topological polar surface area (TPSA) is 104 Å². The smallest absolute Gasteiger partial charge is 0.272 e. The third-order valence-corrected chi connectivity index (χ3v) is 4.86. The average molecular weight is 433 g/mol. The highest BCUT2D eigenvalue weighted by molar-refractivity contribution is 6.68. The van der Waals surface area contributed by atoms with Crippen molar-refractivity contribution in [2.45, 2.75) is 18.9 Å². The van der Waals surface area contributed by atoms with Gasteiger partial charge in [0.1, 0.15) is 5.69 Å². The molecule has 27 heavy (non-hydrogen) atoms. The molecule has 1 fully saturated rings. The number of nitrogens with two attached hydrogens (primary N) is 1. The van der Waals surface area contributed by atoms with Gasteiger partial charge in [-0.25, -0.2) is 0 Å². The third kappa shape index (κ3) is 6.19. The Labute approximate surface area is 172 Å². The van der Waals surface area contributed by atoms with Crippen LogP contribution in [0, 0.1) is 0 Å². The number of hydrogen-bond acceptors (Lipinski definition) is 5. The molecule has 3 rings (SSSR count). The van der Waals surface area contributed by atoms with Gasteiger partial charge in [-0.3, -0.25) is 14.7 Å². The predicted octanol–water partition coefficient (Wildman–Crippen LogP) is 3.39. The van der Waals surface area contributed by atoms with Crippen molar-refractivity contribution < 1.29 is 9.59 Å². The number of nitrogens with zero attached hydrogens (tertiary/aromatic N) is 2. The first-order valence-electron chi connectivity index (χ1n) is 8.22. The van der Waals surface area contributed by atoms with Crippen molar-refractivity contribution >= 4 is 51.6 Å². The second kappa shape index (κ2) is 10.1. The number of piperidine rings is 1. The number of H-pyrrole nitrogens is 1. The van der Waals surface area contributed by atoms with E-state index in [1.807, 2.05) is 0 Å². The van der Waals surface area contributed by atoms with E-state index in [9.17, 15) is 9.59 Å². The van der Waals surface area contributed by atoms with E-state index in [1.165, 1.54) is 44.3 Å². The van der Waals surface area contributed by atoms with Crippen LogP contribution in [0.3, 0.4) is 0 Å². The van der Waals surface area contributed by atoms with Gasteiger partial charge in [-0.2, -0.15) is 5.10 Å². The Kier molecular flexibility index (Phi) is 8.07. The van der Waals surface area contributed by atoms with Gasteiger partial charge < -0.3 is 16.0 Å². The molecule has 1 aromatic carbocycles. The molecule has 1 saturated heterocycles. The quantitative estimate of drug-likeness (QED) is 0.645. The summed E-state index contributed by atoms with van der Waals surface area (Å²) in [6.45, 7) is 2.36. The Balaban J connectivity index is 0.000000273. The molecule has 7 nitrogen and oxygen atoms in total. The number of amides is 1. The molecule has 0 radical (unpaired) electrons. The predicted molar refractivity (Wildman–Crippen MR) is 108 cm³/mol. The number of aromatic amines is 1. The molecule has 4 N–H and O–H groups in total. The molecule has 1 aliphatic rings. The highest BCUT2D eigenvalue weighted by Crippen LogP contribution is 2.25. The van der Waals surface area contributed by atoms with Gasteiger partial charge in [0.05, 0.1) is 27.5 Å². The summed E-state index contributed by atoms with van der Waals surface area (Å²) in [5.41, 5.74) is 5.92. The van der Waals surface area contributed by atoms with Gasteiger partial charge in [-0.1, -0.05) is 29.3 Å². The van der Waals surface area contributed by atoms with E-state index in [4.69, 9.17) is 40.5 Å². The number of likely N-dealkylation sites (tertiary alicyclic amines) is 1. The average Bonchev–Trinajstić information content (AvgIpc) is 3.06. The number of rotatable bonds is 3. The van der Waals surface area contributed by atoms with Crippen LogP contribution in [0.25, 0.3) is 0 Å². The fourth-order valence-electron chi connectivity index (χ4n) is 2.46. The summed E-state index contributed by atoms with van der Waals surface area (Å²) in [6, 6.07) is 5.16. The molecule has 1 aliphatic heterocycles. The molecule has 0 saturated carbocycles. The fourth-order valence-corrected chi connectivity index (χ4v) is 3.17. The number of anilines is 1. The van der Waals surface area contributed by atoms with Crippen molar-refractivity contribution in [1.29, 1.82) is 0 Å². The summed E-state index contributed by atoms with van der Waals surface area (Å²) < 4.78 is 0.